The zero-order valence-electron chi connectivity index (χ0n) is 10.4. The second-order valence-electron chi connectivity index (χ2n) is 4.84. The van der Waals surface area contributed by atoms with E-state index in [0.29, 0.717) is 19.7 Å². The van der Waals surface area contributed by atoms with E-state index in [1.165, 1.54) is 0 Å². The van der Waals surface area contributed by atoms with E-state index in [9.17, 15) is 5.11 Å². The van der Waals surface area contributed by atoms with Gasteiger partial charge < -0.3 is 19.6 Å². The predicted molar refractivity (Wildman–Crippen MR) is 64.5 cm³/mol. The molecule has 1 aliphatic carbocycles. The standard InChI is InChI=1S/C13H21NO3/c1-16-9-12-5-4-11(17-12)8-14-10-13(15)6-2-3-7-13/h4-5,14-15H,2-3,6-10H2,1H3. The average molecular weight is 239 g/mol. The number of hydrogen-bond acceptors (Lipinski definition) is 4. The van der Waals surface area contributed by atoms with E-state index in [4.69, 9.17) is 9.15 Å². The van der Waals surface area contributed by atoms with E-state index in [2.05, 4.69) is 5.32 Å². The van der Waals surface area contributed by atoms with Crippen molar-refractivity contribution in [2.24, 2.45) is 0 Å². The van der Waals surface area contributed by atoms with Gasteiger partial charge in [-0.25, -0.2) is 0 Å². The third-order valence-electron chi connectivity index (χ3n) is 3.29. The monoisotopic (exact) mass is 239 g/mol. The highest BCUT2D eigenvalue weighted by molar-refractivity contribution is 5.06. The molecule has 1 fully saturated rings. The van der Waals surface area contributed by atoms with Gasteiger partial charge in [-0.3, -0.25) is 0 Å². The maximum absolute atomic E-state index is 10.1. The van der Waals surface area contributed by atoms with Gasteiger partial charge >= 0.3 is 0 Å². The van der Waals surface area contributed by atoms with Crippen molar-refractivity contribution in [3.63, 3.8) is 0 Å². The largest absolute Gasteiger partial charge is 0.462 e. The maximum atomic E-state index is 10.1. The number of nitrogens with one attached hydrogen (secondary N) is 1. The molecule has 0 amide bonds. The van der Waals surface area contributed by atoms with Crippen LogP contribution in [0.15, 0.2) is 16.5 Å². The normalized spacial score (nSPS) is 18.7. The topological polar surface area (TPSA) is 54.6 Å². The molecule has 0 saturated heterocycles. The molecule has 1 heterocycles. The van der Waals surface area contributed by atoms with Gasteiger partial charge in [0.15, 0.2) is 0 Å². The quantitative estimate of drug-likeness (QED) is 0.795. The summed E-state index contributed by atoms with van der Waals surface area (Å²) in [6, 6.07) is 3.87. The lowest BCUT2D eigenvalue weighted by Gasteiger charge is -2.22. The molecule has 4 nitrogen and oxygen atoms in total. The summed E-state index contributed by atoms with van der Waals surface area (Å²) in [4.78, 5) is 0. The van der Waals surface area contributed by atoms with Gasteiger partial charge in [0.05, 0.1) is 12.1 Å². The maximum Gasteiger partial charge on any atom is 0.129 e. The minimum absolute atomic E-state index is 0.498. The SMILES string of the molecule is COCc1ccc(CNCC2(O)CCCC2)o1. The highest BCUT2D eigenvalue weighted by Crippen LogP contribution is 2.28. The van der Waals surface area contributed by atoms with Crippen LogP contribution in [0.25, 0.3) is 0 Å². The summed E-state index contributed by atoms with van der Waals surface area (Å²) in [7, 11) is 1.65. The Kier molecular flexibility index (Phi) is 4.20. The molecule has 17 heavy (non-hydrogen) atoms. The molecular formula is C13H21NO3. The van der Waals surface area contributed by atoms with E-state index >= 15 is 0 Å². The van der Waals surface area contributed by atoms with E-state index in [1.807, 2.05) is 12.1 Å². The Labute approximate surface area is 102 Å². The van der Waals surface area contributed by atoms with Crippen LogP contribution in [0.1, 0.15) is 37.2 Å². The molecule has 1 saturated carbocycles. The van der Waals surface area contributed by atoms with Crippen molar-refractivity contribution in [3.8, 4) is 0 Å². The Balaban J connectivity index is 1.73. The zero-order chi connectivity index (χ0) is 12.1. The van der Waals surface area contributed by atoms with Gasteiger partial charge in [0, 0.05) is 13.7 Å². The lowest BCUT2D eigenvalue weighted by atomic mass is 10.0. The van der Waals surface area contributed by atoms with Crippen molar-refractivity contribution in [1.82, 2.24) is 5.32 Å². The minimum Gasteiger partial charge on any atom is -0.462 e. The summed E-state index contributed by atoms with van der Waals surface area (Å²) in [6.07, 6.45) is 4.09. The van der Waals surface area contributed by atoms with Gasteiger partial charge in [-0.1, -0.05) is 12.8 Å². The number of rotatable bonds is 6. The van der Waals surface area contributed by atoms with Gasteiger partial charge in [-0.2, -0.15) is 0 Å². The molecule has 0 aliphatic heterocycles. The smallest absolute Gasteiger partial charge is 0.129 e. The molecule has 1 aliphatic rings. The summed E-state index contributed by atoms with van der Waals surface area (Å²) in [5, 5.41) is 13.4. The molecule has 1 aromatic rings. The Morgan fingerprint density at radius 2 is 2.06 bits per heavy atom. The molecule has 0 atom stereocenters. The summed E-state index contributed by atoms with van der Waals surface area (Å²) in [5.41, 5.74) is -0.498. The molecule has 96 valence electrons. The lowest BCUT2D eigenvalue weighted by molar-refractivity contribution is 0.0470. The highest BCUT2D eigenvalue weighted by Gasteiger charge is 2.30. The molecule has 2 N–H and O–H groups in total. The third-order valence-corrected chi connectivity index (χ3v) is 3.29. The number of aliphatic hydroxyl groups is 1. The molecule has 1 aromatic heterocycles. The Morgan fingerprint density at radius 3 is 2.76 bits per heavy atom. The number of ether oxygens (including phenoxy) is 1. The van der Waals surface area contributed by atoms with Gasteiger partial charge in [0.1, 0.15) is 18.1 Å². The van der Waals surface area contributed by atoms with Crippen LogP contribution in [0.3, 0.4) is 0 Å². The summed E-state index contributed by atoms with van der Waals surface area (Å²) >= 11 is 0. The van der Waals surface area contributed by atoms with Gasteiger partial charge in [-0.15, -0.1) is 0 Å². The molecule has 4 heteroatoms. The number of methoxy groups -OCH3 is 1. The number of furan rings is 1. The fourth-order valence-corrected chi connectivity index (χ4v) is 2.37. The molecule has 0 radical (unpaired) electrons. The van der Waals surface area contributed by atoms with E-state index in [-0.39, 0.29) is 0 Å². The van der Waals surface area contributed by atoms with E-state index in [0.717, 1.165) is 37.2 Å². The van der Waals surface area contributed by atoms with Crippen LogP contribution in [-0.4, -0.2) is 24.4 Å². The van der Waals surface area contributed by atoms with Crippen LogP contribution in [-0.2, 0) is 17.9 Å². The van der Waals surface area contributed by atoms with Gasteiger partial charge in [0.25, 0.3) is 0 Å². The third kappa shape index (κ3) is 3.56. The van der Waals surface area contributed by atoms with Crippen LogP contribution >= 0.6 is 0 Å². The van der Waals surface area contributed by atoms with Crippen molar-refractivity contribution in [2.75, 3.05) is 13.7 Å². The van der Waals surface area contributed by atoms with Crippen LogP contribution in [0, 0.1) is 0 Å². The summed E-state index contributed by atoms with van der Waals surface area (Å²) in [5.74, 6) is 1.72. The second kappa shape index (κ2) is 5.67. The average Bonchev–Trinajstić information content (AvgIpc) is 2.90. The first-order chi connectivity index (χ1) is 8.22. The molecule has 0 unspecified atom stereocenters. The Morgan fingerprint density at radius 1 is 1.35 bits per heavy atom. The van der Waals surface area contributed by atoms with Crippen molar-refractivity contribution < 1.29 is 14.3 Å². The van der Waals surface area contributed by atoms with E-state index in [1.54, 1.807) is 7.11 Å². The first-order valence-corrected chi connectivity index (χ1v) is 6.21. The fraction of sp³-hybridized carbons (Fsp3) is 0.692. The van der Waals surface area contributed by atoms with Crippen LogP contribution < -0.4 is 5.32 Å². The predicted octanol–water partition coefficient (Wildman–Crippen LogP) is 1.82. The van der Waals surface area contributed by atoms with E-state index < -0.39 is 5.60 Å². The Bertz CT molecular complexity index is 342. The van der Waals surface area contributed by atoms with Crippen molar-refractivity contribution in [1.29, 1.82) is 0 Å². The van der Waals surface area contributed by atoms with Crippen LogP contribution in [0.4, 0.5) is 0 Å². The zero-order valence-corrected chi connectivity index (χ0v) is 10.4. The first kappa shape index (κ1) is 12.6. The Hall–Kier alpha value is -0.840. The van der Waals surface area contributed by atoms with Gasteiger partial charge in [-0.05, 0) is 25.0 Å². The second-order valence-corrected chi connectivity index (χ2v) is 4.84. The molecule has 0 spiro atoms. The van der Waals surface area contributed by atoms with Crippen molar-refractivity contribution in [3.05, 3.63) is 23.7 Å². The van der Waals surface area contributed by atoms with Crippen molar-refractivity contribution >= 4 is 0 Å². The molecule has 0 bridgehead atoms. The van der Waals surface area contributed by atoms with Crippen molar-refractivity contribution in [2.45, 2.75) is 44.4 Å². The first-order valence-electron chi connectivity index (χ1n) is 6.21. The fourth-order valence-electron chi connectivity index (χ4n) is 2.37. The van der Waals surface area contributed by atoms with Gasteiger partial charge in [0.2, 0.25) is 0 Å². The number of hydrogen-bond donors (Lipinski definition) is 2. The lowest BCUT2D eigenvalue weighted by Crippen LogP contribution is -2.37. The minimum atomic E-state index is -0.498. The molecular weight excluding hydrogens is 218 g/mol. The summed E-state index contributed by atoms with van der Waals surface area (Å²) < 4.78 is 10.5. The van der Waals surface area contributed by atoms with Crippen LogP contribution in [0.2, 0.25) is 0 Å². The highest BCUT2D eigenvalue weighted by atomic mass is 16.5. The molecule has 2 rings (SSSR count). The summed E-state index contributed by atoms with van der Waals surface area (Å²) in [6.45, 7) is 1.81. The van der Waals surface area contributed by atoms with Crippen LogP contribution in [0.5, 0.6) is 0 Å². The molecule has 0 aromatic carbocycles.